The van der Waals surface area contributed by atoms with Gasteiger partial charge < -0.3 is 15.8 Å². The van der Waals surface area contributed by atoms with Crippen LogP contribution in [-0.2, 0) is 10.9 Å². The first-order valence-electron chi connectivity index (χ1n) is 10.5. The van der Waals surface area contributed by atoms with Crippen LogP contribution in [0.25, 0.3) is 27.9 Å². The molecule has 0 aliphatic carbocycles. The summed E-state index contributed by atoms with van der Waals surface area (Å²) in [6.07, 6.45) is -2.85. The van der Waals surface area contributed by atoms with E-state index in [1.807, 2.05) is 0 Å². The van der Waals surface area contributed by atoms with Crippen LogP contribution in [0.15, 0.2) is 48.5 Å². The summed E-state index contributed by atoms with van der Waals surface area (Å²) >= 11 is 0. The third-order valence-corrected chi connectivity index (χ3v) is 5.67. The molecular formula is C23H20F3N5O2. The molecule has 1 aliphatic rings. The molecule has 1 fully saturated rings. The molecule has 0 unspecified atom stereocenters. The lowest BCUT2D eigenvalue weighted by Gasteiger charge is -2.12. The number of rotatable bonds is 4. The molecule has 170 valence electrons. The fraction of sp³-hybridized carbons (Fsp3) is 0.261. The lowest BCUT2D eigenvalue weighted by Crippen LogP contribution is -2.32. The lowest BCUT2D eigenvalue weighted by atomic mass is 10.2. The number of nitrogens with zero attached hydrogens (tertiary/aromatic N) is 3. The number of nitrogens with one attached hydrogen (secondary N) is 1. The Hall–Kier alpha value is -3.66. The molecule has 1 atom stereocenters. The van der Waals surface area contributed by atoms with Gasteiger partial charge >= 0.3 is 6.18 Å². The molecule has 3 N–H and O–H groups in total. The van der Waals surface area contributed by atoms with E-state index in [1.54, 1.807) is 24.3 Å². The Morgan fingerprint density at radius 1 is 1.15 bits per heavy atom. The third kappa shape index (κ3) is 3.86. The van der Waals surface area contributed by atoms with Gasteiger partial charge in [-0.3, -0.25) is 9.36 Å². The molecule has 0 spiro atoms. The second kappa shape index (κ2) is 8.04. The number of aromatic nitrogens is 3. The van der Waals surface area contributed by atoms with Gasteiger partial charge in [0.05, 0.1) is 22.7 Å². The molecule has 5 rings (SSSR count). The first-order valence-corrected chi connectivity index (χ1v) is 10.5. The first kappa shape index (κ1) is 21.2. The van der Waals surface area contributed by atoms with Crippen molar-refractivity contribution >= 4 is 33.9 Å². The van der Waals surface area contributed by atoms with Gasteiger partial charge in [-0.2, -0.15) is 13.2 Å². The summed E-state index contributed by atoms with van der Waals surface area (Å²) in [5.41, 5.74) is 7.22. The number of nitrogen functional groups attached to an aromatic ring is 1. The van der Waals surface area contributed by atoms with Gasteiger partial charge in [0.2, 0.25) is 0 Å². The zero-order chi connectivity index (χ0) is 23.2. The maximum Gasteiger partial charge on any atom is 0.416 e. The lowest BCUT2D eigenvalue weighted by molar-refractivity contribution is -0.137. The van der Waals surface area contributed by atoms with Gasteiger partial charge in [0.25, 0.3) is 5.91 Å². The van der Waals surface area contributed by atoms with Gasteiger partial charge in [-0.1, -0.05) is 18.2 Å². The van der Waals surface area contributed by atoms with E-state index in [9.17, 15) is 18.0 Å². The summed E-state index contributed by atoms with van der Waals surface area (Å²) in [5.74, 6) is -0.521. The highest BCUT2D eigenvalue weighted by molar-refractivity contribution is 6.11. The second-order valence-electron chi connectivity index (χ2n) is 7.87. The van der Waals surface area contributed by atoms with Crippen LogP contribution in [0.2, 0.25) is 0 Å². The molecule has 1 saturated heterocycles. The van der Waals surface area contributed by atoms with E-state index in [4.69, 9.17) is 10.5 Å². The molecule has 2 aromatic heterocycles. The quantitative estimate of drug-likeness (QED) is 0.484. The summed E-state index contributed by atoms with van der Waals surface area (Å²) < 4.78 is 46.9. The van der Waals surface area contributed by atoms with Crippen molar-refractivity contribution in [3.05, 3.63) is 59.7 Å². The zero-order valence-corrected chi connectivity index (χ0v) is 17.4. The van der Waals surface area contributed by atoms with Crippen molar-refractivity contribution in [3.63, 3.8) is 0 Å². The normalized spacial score (nSPS) is 16.5. The van der Waals surface area contributed by atoms with Crippen LogP contribution in [0.3, 0.4) is 0 Å². The predicted molar refractivity (Wildman–Crippen MR) is 117 cm³/mol. The van der Waals surface area contributed by atoms with E-state index in [0.717, 1.165) is 25.0 Å². The minimum atomic E-state index is -4.53. The van der Waals surface area contributed by atoms with Crippen molar-refractivity contribution in [3.8, 4) is 5.69 Å². The highest BCUT2D eigenvalue weighted by Crippen LogP contribution is 2.34. The minimum Gasteiger partial charge on any atom is -0.384 e. The van der Waals surface area contributed by atoms with E-state index >= 15 is 0 Å². The van der Waals surface area contributed by atoms with Crippen LogP contribution in [0, 0.1) is 0 Å². The SMILES string of the molecule is Nc1c(C(=O)NC[C@H]2CCCO2)c2nc3ccccc3nc2n1-c1cccc(C(F)(F)F)c1. The second-order valence-corrected chi connectivity index (χ2v) is 7.87. The highest BCUT2D eigenvalue weighted by Gasteiger charge is 2.32. The topological polar surface area (TPSA) is 95.1 Å². The summed E-state index contributed by atoms with van der Waals surface area (Å²) in [6, 6.07) is 11.8. The van der Waals surface area contributed by atoms with Crippen molar-refractivity contribution in [1.29, 1.82) is 0 Å². The Bertz CT molecular complexity index is 1360. The van der Waals surface area contributed by atoms with Gasteiger partial charge in [0, 0.05) is 18.8 Å². The molecule has 1 amide bonds. The number of para-hydroxylation sites is 2. The minimum absolute atomic E-state index is 0.0375. The molecule has 3 heterocycles. The van der Waals surface area contributed by atoms with Crippen LogP contribution in [0.1, 0.15) is 28.8 Å². The fourth-order valence-corrected chi connectivity index (χ4v) is 4.07. The largest absolute Gasteiger partial charge is 0.416 e. The number of hydrogen-bond acceptors (Lipinski definition) is 5. The Morgan fingerprint density at radius 3 is 2.61 bits per heavy atom. The molecule has 7 nitrogen and oxygen atoms in total. The Kier molecular flexibility index (Phi) is 5.16. The first-order chi connectivity index (χ1) is 15.8. The maximum absolute atomic E-state index is 13.3. The summed E-state index contributed by atoms with van der Waals surface area (Å²) in [6.45, 7) is 0.949. The summed E-state index contributed by atoms with van der Waals surface area (Å²) in [5, 5.41) is 2.82. The van der Waals surface area contributed by atoms with Gasteiger partial charge in [-0.15, -0.1) is 0 Å². The van der Waals surface area contributed by atoms with E-state index in [-0.39, 0.29) is 34.3 Å². The van der Waals surface area contributed by atoms with Crippen molar-refractivity contribution in [2.45, 2.75) is 25.1 Å². The number of alkyl halides is 3. The Morgan fingerprint density at radius 2 is 1.91 bits per heavy atom. The van der Waals surface area contributed by atoms with Crippen LogP contribution in [0.5, 0.6) is 0 Å². The van der Waals surface area contributed by atoms with E-state index in [0.29, 0.717) is 24.2 Å². The number of carbonyl (C=O) groups is 1. The Balaban J connectivity index is 1.68. The molecule has 1 aliphatic heterocycles. The average molecular weight is 455 g/mol. The summed E-state index contributed by atoms with van der Waals surface area (Å²) in [7, 11) is 0. The number of fused-ring (bicyclic) bond motifs is 2. The zero-order valence-electron chi connectivity index (χ0n) is 17.4. The van der Waals surface area contributed by atoms with Crippen molar-refractivity contribution in [2.24, 2.45) is 0 Å². The molecule has 4 aromatic rings. The van der Waals surface area contributed by atoms with Gasteiger partial charge in [0.1, 0.15) is 16.9 Å². The van der Waals surface area contributed by atoms with Crippen LogP contribution in [0.4, 0.5) is 19.0 Å². The van der Waals surface area contributed by atoms with E-state index in [1.165, 1.54) is 16.7 Å². The molecule has 2 aromatic carbocycles. The molecule has 0 saturated carbocycles. The number of amides is 1. The monoisotopic (exact) mass is 455 g/mol. The van der Waals surface area contributed by atoms with Gasteiger partial charge in [-0.25, -0.2) is 9.97 Å². The maximum atomic E-state index is 13.3. The van der Waals surface area contributed by atoms with Crippen molar-refractivity contribution in [1.82, 2.24) is 19.9 Å². The van der Waals surface area contributed by atoms with Crippen LogP contribution in [-0.4, -0.2) is 39.7 Å². The highest BCUT2D eigenvalue weighted by atomic mass is 19.4. The number of anilines is 1. The number of hydrogen-bond donors (Lipinski definition) is 2. The van der Waals surface area contributed by atoms with Gasteiger partial charge in [0.15, 0.2) is 5.65 Å². The standard InChI is InChI=1S/C23H20F3N5O2/c24-23(25,26)13-5-3-6-14(11-13)31-20(27)18(22(32)28-12-15-7-4-10-33-15)19-21(31)30-17-9-2-1-8-16(17)29-19/h1-3,5-6,8-9,11,15H,4,7,10,12,27H2,(H,28,32)/t15-/m1/s1. The number of halogens is 3. The summed E-state index contributed by atoms with van der Waals surface area (Å²) in [4.78, 5) is 22.3. The fourth-order valence-electron chi connectivity index (χ4n) is 4.07. The third-order valence-electron chi connectivity index (χ3n) is 5.67. The number of benzene rings is 2. The van der Waals surface area contributed by atoms with Crippen molar-refractivity contribution < 1.29 is 22.7 Å². The van der Waals surface area contributed by atoms with Crippen molar-refractivity contribution in [2.75, 3.05) is 18.9 Å². The van der Waals surface area contributed by atoms with Crippen LogP contribution >= 0.6 is 0 Å². The number of ether oxygens (including phenoxy) is 1. The number of nitrogens with two attached hydrogens (primary N) is 1. The van der Waals surface area contributed by atoms with Gasteiger partial charge in [-0.05, 0) is 43.2 Å². The molecule has 0 bridgehead atoms. The smallest absolute Gasteiger partial charge is 0.384 e. The Labute approximate surface area is 186 Å². The molecule has 33 heavy (non-hydrogen) atoms. The molecule has 0 radical (unpaired) electrons. The van der Waals surface area contributed by atoms with E-state index < -0.39 is 17.6 Å². The molecular weight excluding hydrogens is 435 g/mol. The number of carbonyl (C=O) groups excluding carboxylic acids is 1. The average Bonchev–Trinajstić information content (AvgIpc) is 3.41. The van der Waals surface area contributed by atoms with Crippen LogP contribution < -0.4 is 11.1 Å². The van der Waals surface area contributed by atoms with E-state index in [2.05, 4.69) is 15.3 Å². The predicted octanol–water partition coefficient (Wildman–Crippen LogP) is 4.08. The molecule has 10 heteroatoms.